The van der Waals surface area contributed by atoms with E-state index < -0.39 is 11.9 Å². The SMILES string of the molecule is NC(=O)[C@@H](Cc1ccc2ccccc2n1)NC(=O)c1c2ccccc2cc2ccccc12. The van der Waals surface area contributed by atoms with Gasteiger partial charge in [0.2, 0.25) is 5.91 Å². The van der Waals surface area contributed by atoms with Crippen LogP contribution in [0.2, 0.25) is 0 Å². The lowest BCUT2D eigenvalue weighted by Gasteiger charge is -2.18. The zero-order valence-electron chi connectivity index (χ0n) is 17.3. The molecule has 0 saturated heterocycles. The molecule has 1 atom stereocenters. The van der Waals surface area contributed by atoms with Crippen molar-refractivity contribution in [3.8, 4) is 0 Å². The van der Waals surface area contributed by atoms with Crippen molar-refractivity contribution >= 4 is 44.3 Å². The van der Waals surface area contributed by atoms with Crippen LogP contribution in [-0.2, 0) is 11.2 Å². The van der Waals surface area contributed by atoms with Gasteiger partial charge in [-0.05, 0) is 39.7 Å². The van der Waals surface area contributed by atoms with Gasteiger partial charge in [0, 0.05) is 17.5 Å². The Labute approximate surface area is 184 Å². The minimum atomic E-state index is -0.881. The third kappa shape index (κ3) is 3.65. The maximum atomic E-state index is 13.5. The molecule has 0 radical (unpaired) electrons. The van der Waals surface area contributed by atoms with Crippen molar-refractivity contribution in [1.29, 1.82) is 0 Å². The Morgan fingerprint density at radius 1 is 0.781 bits per heavy atom. The fraction of sp³-hybridized carbons (Fsp3) is 0.0741. The quantitative estimate of drug-likeness (QED) is 0.415. The lowest BCUT2D eigenvalue weighted by molar-refractivity contribution is -0.119. The van der Waals surface area contributed by atoms with Crippen LogP contribution < -0.4 is 11.1 Å². The van der Waals surface area contributed by atoms with Gasteiger partial charge in [-0.2, -0.15) is 0 Å². The summed E-state index contributed by atoms with van der Waals surface area (Å²) >= 11 is 0. The third-order valence-corrected chi connectivity index (χ3v) is 5.72. The van der Waals surface area contributed by atoms with Crippen LogP contribution in [0.1, 0.15) is 16.1 Å². The normalized spacial score (nSPS) is 12.1. The van der Waals surface area contributed by atoms with Crippen LogP contribution in [0, 0.1) is 0 Å². The van der Waals surface area contributed by atoms with Gasteiger partial charge >= 0.3 is 0 Å². The van der Waals surface area contributed by atoms with Gasteiger partial charge in [0.1, 0.15) is 6.04 Å². The second-order valence-electron chi connectivity index (χ2n) is 7.82. The maximum Gasteiger partial charge on any atom is 0.253 e. The van der Waals surface area contributed by atoms with Crippen LogP contribution >= 0.6 is 0 Å². The molecule has 1 heterocycles. The lowest BCUT2D eigenvalue weighted by Crippen LogP contribution is -2.46. The molecule has 0 fully saturated rings. The Kier molecular flexibility index (Phi) is 5.00. The number of pyridine rings is 1. The Hall–Kier alpha value is -4.25. The number of hydrogen-bond acceptors (Lipinski definition) is 3. The Balaban J connectivity index is 1.51. The summed E-state index contributed by atoms with van der Waals surface area (Å²) in [6.45, 7) is 0. The molecule has 0 aliphatic carbocycles. The summed E-state index contributed by atoms with van der Waals surface area (Å²) < 4.78 is 0. The number of benzene rings is 4. The summed E-state index contributed by atoms with van der Waals surface area (Å²) in [5, 5.41) is 7.45. The van der Waals surface area contributed by atoms with Crippen molar-refractivity contribution in [3.05, 3.63) is 102 Å². The van der Waals surface area contributed by atoms with Gasteiger partial charge in [-0.15, -0.1) is 0 Å². The lowest BCUT2D eigenvalue weighted by atomic mass is 9.96. The summed E-state index contributed by atoms with van der Waals surface area (Å²) in [6, 6.07) is 28.2. The van der Waals surface area contributed by atoms with Gasteiger partial charge < -0.3 is 11.1 Å². The molecule has 0 bridgehead atoms. The summed E-state index contributed by atoms with van der Waals surface area (Å²) in [5.74, 6) is -0.930. The summed E-state index contributed by atoms with van der Waals surface area (Å²) in [5.41, 5.74) is 7.73. The summed E-state index contributed by atoms with van der Waals surface area (Å²) in [7, 11) is 0. The van der Waals surface area contributed by atoms with Crippen molar-refractivity contribution in [2.45, 2.75) is 12.5 Å². The fourth-order valence-corrected chi connectivity index (χ4v) is 4.14. The molecular weight excluding hydrogens is 398 g/mol. The molecule has 0 aliphatic heterocycles. The van der Waals surface area contributed by atoms with Crippen molar-refractivity contribution in [3.63, 3.8) is 0 Å². The molecule has 5 nitrogen and oxygen atoms in total. The van der Waals surface area contributed by atoms with E-state index in [2.05, 4.69) is 16.4 Å². The van der Waals surface area contributed by atoms with Crippen LogP contribution in [-0.4, -0.2) is 22.8 Å². The highest BCUT2D eigenvalue weighted by atomic mass is 16.2. The number of hydrogen-bond donors (Lipinski definition) is 2. The molecule has 3 N–H and O–H groups in total. The molecule has 5 aromatic rings. The molecule has 0 aliphatic rings. The molecule has 156 valence electrons. The highest BCUT2D eigenvalue weighted by molar-refractivity contribution is 6.18. The van der Waals surface area contributed by atoms with Gasteiger partial charge in [-0.1, -0.05) is 72.8 Å². The van der Waals surface area contributed by atoms with Crippen molar-refractivity contribution in [2.24, 2.45) is 5.73 Å². The maximum absolute atomic E-state index is 13.5. The van der Waals surface area contributed by atoms with Gasteiger partial charge in [0.25, 0.3) is 5.91 Å². The van der Waals surface area contributed by atoms with E-state index in [9.17, 15) is 9.59 Å². The molecule has 2 amide bonds. The Bertz CT molecular complexity index is 1440. The second-order valence-corrected chi connectivity index (χ2v) is 7.82. The first-order valence-corrected chi connectivity index (χ1v) is 10.5. The van der Waals surface area contributed by atoms with E-state index in [4.69, 9.17) is 5.73 Å². The minimum Gasteiger partial charge on any atom is -0.368 e. The second kappa shape index (κ2) is 8.12. The first-order valence-electron chi connectivity index (χ1n) is 10.5. The Morgan fingerprint density at radius 2 is 1.38 bits per heavy atom. The molecular formula is C27H21N3O2. The van der Waals surface area contributed by atoms with Crippen LogP contribution in [0.25, 0.3) is 32.4 Å². The number of carbonyl (C=O) groups is 2. The molecule has 4 aromatic carbocycles. The van der Waals surface area contributed by atoms with E-state index in [0.29, 0.717) is 11.3 Å². The number of nitrogens with two attached hydrogens (primary N) is 1. The fourth-order valence-electron chi connectivity index (χ4n) is 4.14. The average Bonchev–Trinajstić information content (AvgIpc) is 2.81. The highest BCUT2D eigenvalue weighted by Crippen LogP contribution is 2.28. The van der Waals surface area contributed by atoms with Crippen LogP contribution in [0.4, 0.5) is 0 Å². The smallest absolute Gasteiger partial charge is 0.253 e. The molecule has 0 unspecified atom stereocenters. The summed E-state index contributed by atoms with van der Waals surface area (Å²) in [6.07, 6.45) is 0.217. The van der Waals surface area contributed by atoms with E-state index in [1.807, 2.05) is 84.9 Å². The van der Waals surface area contributed by atoms with Gasteiger partial charge in [-0.3, -0.25) is 14.6 Å². The largest absolute Gasteiger partial charge is 0.368 e. The Morgan fingerprint density at radius 3 is 2.03 bits per heavy atom. The monoisotopic (exact) mass is 419 g/mol. The van der Waals surface area contributed by atoms with Crippen LogP contribution in [0.15, 0.2) is 91.0 Å². The van der Waals surface area contributed by atoms with E-state index in [1.165, 1.54) is 0 Å². The zero-order chi connectivity index (χ0) is 22.1. The molecule has 5 rings (SSSR count). The van der Waals surface area contributed by atoms with E-state index in [0.717, 1.165) is 32.4 Å². The minimum absolute atomic E-state index is 0.217. The van der Waals surface area contributed by atoms with Crippen LogP contribution in [0.3, 0.4) is 0 Å². The third-order valence-electron chi connectivity index (χ3n) is 5.72. The van der Waals surface area contributed by atoms with E-state index in [-0.39, 0.29) is 12.3 Å². The first kappa shape index (κ1) is 19.7. The predicted molar refractivity (Wildman–Crippen MR) is 127 cm³/mol. The number of amides is 2. The predicted octanol–water partition coefficient (Wildman–Crippen LogP) is 4.37. The van der Waals surface area contributed by atoms with Gasteiger partial charge in [0.15, 0.2) is 0 Å². The molecule has 5 heteroatoms. The standard InChI is InChI=1S/C27H21N3O2/c28-26(31)24(16-20-14-13-17-7-3-6-12-23(17)29-20)30-27(32)25-21-10-4-1-8-18(21)15-19-9-2-5-11-22(19)25/h1-15,24H,16H2,(H2,28,31)(H,30,32)/t24-/m1/s1. The summed E-state index contributed by atoms with van der Waals surface area (Å²) in [4.78, 5) is 30.3. The molecule has 32 heavy (non-hydrogen) atoms. The molecule has 1 aromatic heterocycles. The van der Waals surface area contributed by atoms with E-state index >= 15 is 0 Å². The van der Waals surface area contributed by atoms with Gasteiger partial charge in [-0.25, -0.2) is 0 Å². The number of rotatable bonds is 5. The number of carbonyl (C=O) groups excluding carboxylic acids is 2. The first-order chi connectivity index (χ1) is 15.6. The number of fused-ring (bicyclic) bond motifs is 3. The topological polar surface area (TPSA) is 85.1 Å². The zero-order valence-corrected chi connectivity index (χ0v) is 17.3. The number of nitrogens with zero attached hydrogens (tertiary/aromatic N) is 1. The van der Waals surface area contributed by atoms with Crippen molar-refractivity contribution < 1.29 is 9.59 Å². The van der Waals surface area contributed by atoms with E-state index in [1.54, 1.807) is 0 Å². The molecule has 0 saturated carbocycles. The number of para-hydroxylation sites is 1. The molecule has 0 spiro atoms. The highest BCUT2D eigenvalue weighted by Gasteiger charge is 2.23. The van der Waals surface area contributed by atoms with Gasteiger partial charge in [0.05, 0.1) is 11.1 Å². The number of primary amides is 1. The van der Waals surface area contributed by atoms with Crippen molar-refractivity contribution in [1.82, 2.24) is 10.3 Å². The average molecular weight is 419 g/mol. The number of aromatic nitrogens is 1. The van der Waals surface area contributed by atoms with Crippen molar-refractivity contribution in [2.75, 3.05) is 0 Å². The number of nitrogens with one attached hydrogen (secondary N) is 1. The van der Waals surface area contributed by atoms with Crippen LogP contribution in [0.5, 0.6) is 0 Å².